The van der Waals surface area contributed by atoms with Gasteiger partial charge in [0.05, 0.1) is 6.54 Å². The largest absolute Gasteiger partial charge is 0.301 e. The van der Waals surface area contributed by atoms with E-state index in [1.54, 1.807) is 0 Å². The van der Waals surface area contributed by atoms with E-state index in [-0.39, 0.29) is 0 Å². The fraction of sp³-hybridized carbons (Fsp3) is 0.308. The molecule has 17 heavy (non-hydrogen) atoms. The third-order valence-electron chi connectivity index (χ3n) is 3.11. The van der Waals surface area contributed by atoms with E-state index in [9.17, 15) is 0 Å². The fourth-order valence-corrected chi connectivity index (χ4v) is 2.62. The molecule has 1 aromatic carbocycles. The van der Waals surface area contributed by atoms with Gasteiger partial charge < -0.3 is 5.10 Å². The quantitative estimate of drug-likeness (QED) is 0.841. The molecule has 1 N–H and O–H groups in total. The Bertz CT molecular complexity index is 595. The number of halogens is 1. The second kappa shape index (κ2) is 4.42. The first-order chi connectivity index (χ1) is 8.24. The van der Waals surface area contributed by atoms with Crippen LogP contribution in [0.15, 0.2) is 34.8 Å². The lowest BCUT2D eigenvalue weighted by Gasteiger charge is -2.05. The Morgan fingerprint density at radius 3 is 2.82 bits per heavy atom. The SMILES string of the molecule is S=c1cc(C2CC2)[nH]n1Cc1ccccc1Br. The molecule has 88 valence electrons. The Morgan fingerprint density at radius 1 is 1.35 bits per heavy atom. The number of aromatic amines is 1. The average molecular weight is 309 g/mol. The van der Waals surface area contributed by atoms with Gasteiger partial charge in [0.1, 0.15) is 4.64 Å². The summed E-state index contributed by atoms with van der Waals surface area (Å²) < 4.78 is 4.07. The summed E-state index contributed by atoms with van der Waals surface area (Å²) in [5, 5.41) is 3.41. The standard InChI is InChI=1S/C13H13BrN2S/c14-11-4-2-1-3-10(11)8-16-13(17)7-12(15-16)9-5-6-9/h1-4,7,9,15H,5-6,8H2. The predicted molar refractivity (Wildman–Crippen MR) is 74.8 cm³/mol. The summed E-state index contributed by atoms with van der Waals surface area (Å²) in [5.41, 5.74) is 2.54. The van der Waals surface area contributed by atoms with Crippen LogP contribution in [-0.2, 0) is 6.54 Å². The molecule has 0 aliphatic heterocycles. The van der Waals surface area contributed by atoms with Crippen molar-refractivity contribution in [1.82, 2.24) is 9.78 Å². The number of aromatic nitrogens is 2. The highest BCUT2D eigenvalue weighted by molar-refractivity contribution is 9.10. The van der Waals surface area contributed by atoms with Crippen molar-refractivity contribution in [3.05, 3.63) is 50.7 Å². The van der Waals surface area contributed by atoms with Crippen molar-refractivity contribution in [3.8, 4) is 0 Å². The molecule has 1 saturated carbocycles. The summed E-state index contributed by atoms with van der Waals surface area (Å²) in [5.74, 6) is 0.720. The molecule has 1 heterocycles. The zero-order chi connectivity index (χ0) is 11.8. The van der Waals surface area contributed by atoms with E-state index in [1.165, 1.54) is 24.1 Å². The van der Waals surface area contributed by atoms with Gasteiger partial charge in [-0.15, -0.1) is 0 Å². The van der Waals surface area contributed by atoms with Crippen LogP contribution in [-0.4, -0.2) is 9.78 Å². The van der Waals surface area contributed by atoms with Crippen LogP contribution in [0.4, 0.5) is 0 Å². The molecule has 1 fully saturated rings. The summed E-state index contributed by atoms with van der Waals surface area (Å²) in [4.78, 5) is 0. The highest BCUT2D eigenvalue weighted by Gasteiger charge is 2.25. The van der Waals surface area contributed by atoms with E-state index in [0.717, 1.165) is 21.6 Å². The topological polar surface area (TPSA) is 20.7 Å². The second-order valence-corrected chi connectivity index (χ2v) is 5.77. The molecular formula is C13H13BrN2S. The number of nitrogens with zero attached hydrogens (tertiary/aromatic N) is 1. The minimum absolute atomic E-state index is 0.720. The molecule has 2 nitrogen and oxygen atoms in total. The molecule has 0 atom stereocenters. The summed E-state index contributed by atoms with van der Waals surface area (Å²) in [6.45, 7) is 0.799. The van der Waals surface area contributed by atoms with E-state index in [4.69, 9.17) is 12.2 Å². The van der Waals surface area contributed by atoms with E-state index >= 15 is 0 Å². The monoisotopic (exact) mass is 308 g/mol. The molecule has 2 aromatic rings. The second-order valence-electron chi connectivity index (χ2n) is 4.50. The smallest absolute Gasteiger partial charge is 0.122 e. The maximum Gasteiger partial charge on any atom is 0.122 e. The Labute approximate surface area is 114 Å². The molecule has 0 saturated heterocycles. The van der Waals surface area contributed by atoms with Crippen molar-refractivity contribution in [2.75, 3.05) is 0 Å². The zero-order valence-corrected chi connectivity index (χ0v) is 11.7. The van der Waals surface area contributed by atoms with E-state index < -0.39 is 0 Å². The normalized spacial score (nSPS) is 15.1. The van der Waals surface area contributed by atoms with Gasteiger partial charge in [0.15, 0.2) is 0 Å². The lowest BCUT2D eigenvalue weighted by Crippen LogP contribution is -2.02. The van der Waals surface area contributed by atoms with Crippen LogP contribution >= 0.6 is 28.1 Å². The Morgan fingerprint density at radius 2 is 2.12 bits per heavy atom. The van der Waals surface area contributed by atoms with Gasteiger partial charge in [-0.25, -0.2) is 0 Å². The maximum absolute atomic E-state index is 5.38. The molecule has 1 aromatic heterocycles. The van der Waals surface area contributed by atoms with Gasteiger partial charge in [-0.05, 0) is 30.5 Å². The highest BCUT2D eigenvalue weighted by atomic mass is 79.9. The number of H-pyrrole nitrogens is 1. The van der Waals surface area contributed by atoms with Gasteiger partial charge in [0, 0.05) is 16.1 Å². The first kappa shape index (κ1) is 11.2. The van der Waals surface area contributed by atoms with Gasteiger partial charge in [-0.3, -0.25) is 4.68 Å². The number of rotatable bonds is 3. The van der Waals surface area contributed by atoms with Crippen molar-refractivity contribution >= 4 is 28.1 Å². The van der Waals surface area contributed by atoms with Crippen LogP contribution in [0.5, 0.6) is 0 Å². The Hall–Kier alpha value is -0.870. The highest BCUT2D eigenvalue weighted by Crippen LogP contribution is 2.39. The van der Waals surface area contributed by atoms with Crippen LogP contribution in [0, 0.1) is 4.64 Å². The molecule has 3 rings (SSSR count). The predicted octanol–water partition coefficient (Wildman–Crippen LogP) is 4.23. The molecule has 0 amide bonds. The third-order valence-corrected chi connectivity index (χ3v) is 4.22. The van der Waals surface area contributed by atoms with Gasteiger partial charge >= 0.3 is 0 Å². The molecule has 0 unspecified atom stereocenters. The van der Waals surface area contributed by atoms with Crippen LogP contribution in [0.25, 0.3) is 0 Å². The molecule has 4 heteroatoms. The summed E-state index contributed by atoms with van der Waals surface area (Å²) in [6.07, 6.45) is 2.59. The van der Waals surface area contributed by atoms with Crippen LogP contribution in [0.3, 0.4) is 0 Å². The third kappa shape index (κ3) is 2.38. The minimum atomic E-state index is 0.720. The van der Waals surface area contributed by atoms with Gasteiger partial charge in [-0.1, -0.05) is 46.3 Å². The summed E-state index contributed by atoms with van der Waals surface area (Å²) in [6, 6.07) is 10.3. The first-order valence-corrected chi connectivity index (χ1v) is 6.97. The van der Waals surface area contributed by atoms with Crippen LogP contribution in [0.2, 0.25) is 0 Å². The van der Waals surface area contributed by atoms with Crippen LogP contribution < -0.4 is 0 Å². The summed E-state index contributed by atoms with van der Waals surface area (Å²) >= 11 is 8.94. The number of hydrogen-bond donors (Lipinski definition) is 1. The van der Waals surface area contributed by atoms with Gasteiger partial charge in [0.2, 0.25) is 0 Å². The van der Waals surface area contributed by atoms with Crippen molar-refractivity contribution < 1.29 is 0 Å². The van der Waals surface area contributed by atoms with Gasteiger partial charge in [0.25, 0.3) is 0 Å². The molecule has 0 spiro atoms. The van der Waals surface area contributed by atoms with Crippen molar-refractivity contribution in [3.63, 3.8) is 0 Å². The Kier molecular flexibility index (Phi) is 2.92. The Balaban J connectivity index is 1.90. The average Bonchev–Trinajstić information content (AvgIpc) is 3.09. The number of nitrogens with one attached hydrogen (secondary N) is 1. The first-order valence-electron chi connectivity index (χ1n) is 5.77. The molecule has 1 aliphatic carbocycles. The lowest BCUT2D eigenvalue weighted by molar-refractivity contribution is 0.662. The van der Waals surface area contributed by atoms with E-state index in [1.807, 2.05) is 10.7 Å². The minimum Gasteiger partial charge on any atom is -0.301 e. The number of benzene rings is 1. The lowest BCUT2D eigenvalue weighted by atomic mass is 10.2. The number of hydrogen-bond acceptors (Lipinski definition) is 1. The van der Waals surface area contributed by atoms with Gasteiger partial charge in [-0.2, -0.15) is 0 Å². The van der Waals surface area contributed by atoms with Crippen molar-refractivity contribution in [1.29, 1.82) is 0 Å². The zero-order valence-electron chi connectivity index (χ0n) is 9.32. The maximum atomic E-state index is 5.38. The molecule has 1 aliphatic rings. The summed E-state index contributed by atoms with van der Waals surface area (Å²) in [7, 11) is 0. The van der Waals surface area contributed by atoms with Crippen LogP contribution in [0.1, 0.15) is 30.0 Å². The van der Waals surface area contributed by atoms with E-state index in [0.29, 0.717) is 0 Å². The van der Waals surface area contributed by atoms with E-state index in [2.05, 4.69) is 45.3 Å². The molecule has 0 radical (unpaired) electrons. The van der Waals surface area contributed by atoms with Crippen molar-refractivity contribution in [2.24, 2.45) is 0 Å². The fourth-order valence-electron chi connectivity index (χ4n) is 1.97. The molecular weight excluding hydrogens is 296 g/mol. The molecule has 0 bridgehead atoms. The van der Waals surface area contributed by atoms with Crippen molar-refractivity contribution in [2.45, 2.75) is 25.3 Å².